The summed E-state index contributed by atoms with van der Waals surface area (Å²) in [6.45, 7) is 7.06. The minimum Gasteiger partial charge on any atom is -0.197 e. The Kier molecular flexibility index (Phi) is 4.53. The van der Waals surface area contributed by atoms with E-state index in [-0.39, 0.29) is 13.5 Å². The van der Waals surface area contributed by atoms with Gasteiger partial charge in [-0.25, -0.2) is 0 Å². The van der Waals surface area contributed by atoms with Gasteiger partial charge in [-0.1, -0.05) is 46.5 Å². The van der Waals surface area contributed by atoms with E-state index in [2.05, 4.69) is 20.8 Å². The first-order chi connectivity index (χ1) is 4.58. The van der Waals surface area contributed by atoms with Crippen molar-refractivity contribution in [2.75, 3.05) is 0 Å². The van der Waals surface area contributed by atoms with Crippen molar-refractivity contribution in [3.05, 3.63) is 0 Å². The van der Waals surface area contributed by atoms with Crippen molar-refractivity contribution in [3.8, 4) is 0 Å². The van der Waals surface area contributed by atoms with Gasteiger partial charge in [-0.2, -0.15) is 13.5 Å². The van der Waals surface area contributed by atoms with Gasteiger partial charge in [0.25, 0.3) is 0 Å². The molecule has 1 rings (SSSR count). The van der Waals surface area contributed by atoms with E-state index < -0.39 is 0 Å². The molecule has 0 heterocycles. The van der Waals surface area contributed by atoms with Gasteiger partial charge in [-0.05, 0) is 17.8 Å². The zero-order chi connectivity index (χ0) is 7.61. The largest absolute Gasteiger partial charge is 0.197 e. The molecule has 11 heavy (non-hydrogen) atoms. The molecule has 0 bridgehead atoms. The zero-order valence-corrected chi connectivity index (χ0v) is 9.11. The predicted molar refractivity (Wildman–Crippen MR) is 56.4 cm³/mol. The molecular weight excluding hydrogens is 152 g/mol. The maximum atomic E-state index is 2.35. The first-order valence-electron chi connectivity index (χ1n) is 4.58. The fourth-order valence-corrected chi connectivity index (χ4v) is 2.08. The first-order valence-corrected chi connectivity index (χ1v) is 4.58. The van der Waals surface area contributed by atoms with Gasteiger partial charge in [0, 0.05) is 0 Å². The molecule has 0 saturated heterocycles. The summed E-state index contributed by atoms with van der Waals surface area (Å²) in [6.07, 6.45) is 7.41. The molecule has 1 saturated carbocycles. The molecule has 0 nitrogen and oxygen atoms in total. The van der Waals surface area contributed by atoms with Gasteiger partial charge >= 0.3 is 0 Å². The molecule has 0 N–H and O–H groups in total. The average Bonchev–Trinajstić information content (AvgIpc) is 2.12. The smallest absolute Gasteiger partial charge is 0.0380 e. The molecule has 0 aromatic heterocycles. The summed E-state index contributed by atoms with van der Waals surface area (Å²) in [5.74, 6) is 1.06. The third-order valence-corrected chi connectivity index (χ3v) is 2.38. The van der Waals surface area contributed by atoms with Gasteiger partial charge in [0.05, 0.1) is 0 Å². The maximum Gasteiger partial charge on any atom is -0.0380 e. The molecule has 1 heteroatoms. The molecule has 0 aromatic rings. The van der Waals surface area contributed by atoms with Crippen LogP contribution in [0.2, 0.25) is 0 Å². The third kappa shape index (κ3) is 4.73. The minimum absolute atomic E-state index is 0. The minimum atomic E-state index is 0. The summed E-state index contributed by atoms with van der Waals surface area (Å²) in [7, 11) is 0. The van der Waals surface area contributed by atoms with Gasteiger partial charge in [0.15, 0.2) is 0 Å². The quantitative estimate of drug-likeness (QED) is 0.568. The van der Waals surface area contributed by atoms with E-state index in [4.69, 9.17) is 0 Å². The lowest BCUT2D eigenvalue weighted by atomic mass is 9.84. The second kappa shape index (κ2) is 4.39. The van der Waals surface area contributed by atoms with Crippen LogP contribution in [-0.4, -0.2) is 0 Å². The van der Waals surface area contributed by atoms with Crippen LogP contribution in [0.25, 0.3) is 0 Å². The Morgan fingerprint density at radius 1 is 1.09 bits per heavy atom. The molecule has 0 aliphatic heterocycles. The Morgan fingerprint density at radius 3 is 1.91 bits per heavy atom. The van der Waals surface area contributed by atoms with Crippen LogP contribution in [0.1, 0.15) is 52.9 Å². The summed E-state index contributed by atoms with van der Waals surface area (Å²) in [5, 5.41) is 0. The Bertz CT molecular complexity index is 95.9. The highest BCUT2D eigenvalue weighted by Gasteiger charge is 2.21. The van der Waals surface area contributed by atoms with Crippen molar-refractivity contribution in [2.24, 2.45) is 11.3 Å². The van der Waals surface area contributed by atoms with Crippen molar-refractivity contribution in [2.45, 2.75) is 52.9 Å². The standard InChI is InChI=1S/C10H20.H2S/c1-10(2,3)8-9-6-4-5-7-9;/h9H,4-8H2,1-3H3;1H2. The molecule has 0 spiro atoms. The van der Waals surface area contributed by atoms with Crippen LogP contribution in [0.3, 0.4) is 0 Å². The van der Waals surface area contributed by atoms with Crippen LogP contribution in [0, 0.1) is 11.3 Å². The molecule has 0 atom stereocenters. The van der Waals surface area contributed by atoms with Crippen LogP contribution in [0.15, 0.2) is 0 Å². The SMILES string of the molecule is CC(C)(C)CC1CCCC1.S. The highest BCUT2D eigenvalue weighted by atomic mass is 32.1. The Balaban J connectivity index is 0.000001000. The normalized spacial score (nSPS) is 19.9. The third-order valence-electron chi connectivity index (χ3n) is 2.38. The fraction of sp³-hybridized carbons (Fsp3) is 1.00. The number of rotatable bonds is 1. The van der Waals surface area contributed by atoms with E-state index in [0.29, 0.717) is 5.41 Å². The van der Waals surface area contributed by atoms with E-state index in [0.717, 1.165) is 5.92 Å². The molecule has 0 amide bonds. The van der Waals surface area contributed by atoms with Crippen molar-refractivity contribution in [1.29, 1.82) is 0 Å². The predicted octanol–water partition coefficient (Wildman–Crippen LogP) is 3.73. The lowest BCUT2D eigenvalue weighted by Crippen LogP contribution is -2.10. The van der Waals surface area contributed by atoms with Crippen LogP contribution in [0.4, 0.5) is 0 Å². The molecule has 0 aromatic carbocycles. The number of hydrogen-bond donors (Lipinski definition) is 0. The summed E-state index contributed by atoms with van der Waals surface area (Å²) < 4.78 is 0. The molecule has 68 valence electrons. The summed E-state index contributed by atoms with van der Waals surface area (Å²) >= 11 is 0. The molecule has 1 aliphatic carbocycles. The lowest BCUT2D eigenvalue weighted by molar-refractivity contribution is 0.297. The second-order valence-electron chi connectivity index (χ2n) is 4.92. The zero-order valence-electron chi connectivity index (χ0n) is 8.11. The Morgan fingerprint density at radius 2 is 1.55 bits per heavy atom. The monoisotopic (exact) mass is 174 g/mol. The fourth-order valence-electron chi connectivity index (χ4n) is 2.08. The van der Waals surface area contributed by atoms with E-state index >= 15 is 0 Å². The van der Waals surface area contributed by atoms with E-state index in [1.54, 1.807) is 0 Å². The van der Waals surface area contributed by atoms with Gasteiger partial charge in [-0.15, -0.1) is 0 Å². The van der Waals surface area contributed by atoms with Gasteiger partial charge in [0.2, 0.25) is 0 Å². The molecular formula is C10H22S. The van der Waals surface area contributed by atoms with E-state index in [9.17, 15) is 0 Å². The maximum absolute atomic E-state index is 2.35. The lowest BCUT2D eigenvalue weighted by Gasteiger charge is -2.22. The average molecular weight is 174 g/mol. The van der Waals surface area contributed by atoms with Gasteiger partial charge < -0.3 is 0 Å². The van der Waals surface area contributed by atoms with Crippen LogP contribution < -0.4 is 0 Å². The summed E-state index contributed by atoms with van der Waals surface area (Å²) in [4.78, 5) is 0. The summed E-state index contributed by atoms with van der Waals surface area (Å²) in [6, 6.07) is 0. The molecule has 0 unspecified atom stereocenters. The Hall–Kier alpha value is 0.350. The highest BCUT2D eigenvalue weighted by molar-refractivity contribution is 7.59. The molecule has 1 fully saturated rings. The van der Waals surface area contributed by atoms with E-state index in [1.165, 1.54) is 32.1 Å². The van der Waals surface area contributed by atoms with Gasteiger partial charge in [0.1, 0.15) is 0 Å². The second-order valence-corrected chi connectivity index (χ2v) is 4.92. The van der Waals surface area contributed by atoms with Crippen molar-refractivity contribution < 1.29 is 0 Å². The number of hydrogen-bond acceptors (Lipinski definition) is 0. The van der Waals surface area contributed by atoms with Crippen molar-refractivity contribution in [3.63, 3.8) is 0 Å². The van der Waals surface area contributed by atoms with Crippen molar-refractivity contribution in [1.82, 2.24) is 0 Å². The van der Waals surface area contributed by atoms with E-state index in [1.807, 2.05) is 0 Å². The Labute approximate surface area is 78.2 Å². The van der Waals surface area contributed by atoms with Crippen LogP contribution in [-0.2, 0) is 0 Å². The van der Waals surface area contributed by atoms with Crippen molar-refractivity contribution >= 4 is 13.5 Å². The topological polar surface area (TPSA) is 0 Å². The van der Waals surface area contributed by atoms with Gasteiger partial charge in [-0.3, -0.25) is 0 Å². The van der Waals surface area contributed by atoms with Crippen LogP contribution in [0.5, 0.6) is 0 Å². The molecule has 0 radical (unpaired) electrons. The summed E-state index contributed by atoms with van der Waals surface area (Å²) in [5.41, 5.74) is 0.564. The molecule has 1 aliphatic rings. The highest BCUT2D eigenvalue weighted by Crippen LogP contribution is 2.34. The first kappa shape index (κ1) is 11.4. The van der Waals surface area contributed by atoms with Crippen LogP contribution >= 0.6 is 13.5 Å².